The van der Waals surface area contributed by atoms with Crippen molar-refractivity contribution >= 4 is 17.7 Å². The van der Waals surface area contributed by atoms with Crippen molar-refractivity contribution in [1.82, 2.24) is 25.1 Å². The summed E-state index contributed by atoms with van der Waals surface area (Å²) in [5, 5.41) is 12.8. The van der Waals surface area contributed by atoms with E-state index >= 15 is 0 Å². The summed E-state index contributed by atoms with van der Waals surface area (Å²) >= 11 is 1.42. The molecule has 3 aromatic rings. The molecular weight excluding hydrogens is 406 g/mol. The fourth-order valence-corrected chi connectivity index (χ4v) is 4.96. The highest BCUT2D eigenvalue weighted by molar-refractivity contribution is 7.99. The van der Waals surface area contributed by atoms with Gasteiger partial charge in [0, 0.05) is 12.2 Å². The van der Waals surface area contributed by atoms with Crippen LogP contribution in [0.1, 0.15) is 43.7 Å². The Kier molecular flexibility index (Phi) is 6.70. The monoisotopic (exact) mass is 435 g/mol. The number of aromatic nitrogens is 4. The maximum Gasteiger partial charge on any atom is 0.230 e. The average molecular weight is 436 g/mol. The molecule has 162 valence electrons. The number of amides is 1. The Morgan fingerprint density at radius 3 is 2.74 bits per heavy atom. The molecule has 7 heteroatoms. The van der Waals surface area contributed by atoms with Crippen molar-refractivity contribution in [2.75, 3.05) is 5.75 Å². The van der Waals surface area contributed by atoms with Crippen LogP contribution in [0.15, 0.2) is 47.8 Å². The molecular formula is C24H29N5OS. The molecule has 1 saturated carbocycles. The van der Waals surface area contributed by atoms with Crippen molar-refractivity contribution in [1.29, 1.82) is 0 Å². The standard InChI is InChI=1S/C24H29N5OS/c1-16-11-12-21(18(3)14-16)29-23(20-10-6-7-13-25-20)27-28-24(29)31-15-22(30)26-19-9-5-4-8-17(19)2/h6-7,10-14,17,19H,4-5,8-9,15H2,1-3H3,(H,26,30). The quantitative estimate of drug-likeness (QED) is 0.567. The Morgan fingerprint density at radius 2 is 2.00 bits per heavy atom. The highest BCUT2D eigenvalue weighted by atomic mass is 32.2. The Balaban J connectivity index is 1.59. The lowest BCUT2D eigenvalue weighted by Gasteiger charge is -2.29. The summed E-state index contributed by atoms with van der Waals surface area (Å²) in [4.78, 5) is 17.1. The molecule has 0 saturated heterocycles. The van der Waals surface area contributed by atoms with E-state index in [1.54, 1.807) is 6.20 Å². The third kappa shape index (κ3) is 4.98. The highest BCUT2D eigenvalue weighted by Crippen LogP contribution is 2.29. The number of nitrogens with one attached hydrogen (secondary N) is 1. The molecule has 1 amide bonds. The molecule has 0 radical (unpaired) electrons. The second-order valence-corrected chi connectivity index (χ2v) is 9.31. The largest absolute Gasteiger partial charge is 0.352 e. The molecule has 0 spiro atoms. The van der Waals surface area contributed by atoms with Crippen LogP contribution in [0.4, 0.5) is 0 Å². The van der Waals surface area contributed by atoms with Gasteiger partial charge in [-0.2, -0.15) is 0 Å². The minimum absolute atomic E-state index is 0.0540. The van der Waals surface area contributed by atoms with Gasteiger partial charge in [-0.15, -0.1) is 10.2 Å². The van der Waals surface area contributed by atoms with E-state index in [2.05, 4.69) is 59.5 Å². The van der Waals surface area contributed by atoms with Gasteiger partial charge in [0.15, 0.2) is 11.0 Å². The van der Waals surface area contributed by atoms with Gasteiger partial charge in [0.1, 0.15) is 5.69 Å². The Labute approximate surface area is 187 Å². The Bertz CT molecular complexity index is 1050. The Hall–Kier alpha value is -2.67. The molecule has 1 fully saturated rings. The number of thioether (sulfide) groups is 1. The SMILES string of the molecule is Cc1ccc(-n2c(SCC(=O)NC3CCCCC3C)nnc2-c2ccccn2)c(C)c1. The summed E-state index contributed by atoms with van der Waals surface area (Å²) in [6.07, 6.45) is 6.46. The predicted octanol–water partition coefficient (Wildman–Crippen LogP) is 4.73. The van der Waals surface area contributed by atoms with Crippen LogP contribution < -0.4 is 5.32 Å². The van der Waals surface area contributed by atoms with Gasteiger partial charge in [0.25, 0.3) is 0 Å². The van der Waals surface area contributed by atoms with Gasteiger partial charge in [-0.3, -0.25) is 14.3 Å². The molecule has 2 heterocycles. The summed E-state index contributed by atoms with van der Waals surface area (Å²) < 4.78 is 2.01. The molecule has 2 unspecified atom stereocenters. The molecule has 1 aromatic carbocycles. The van der Waals surface area contributed by atoms with Gasteiger partial charge in [-0.1, -0.05) is 55.3 Å². The predicted molar refractivity (Wildman–Crippen MR) is 124 cm³/mol. The first-order valence-corrected chi connectivity index (χ1v) is 11.9. The summed E-state index contributed by atoms with van der Waals surface area (Å²) in [6.45, 7) is 6.39. The normalized spacial score (nSPS) is 18.7. The minimum atomic E-state index is 0.0540. The lowest BCUT2D eigenvalue weighted by molar-refractivity contribution is -0.119. The maximum absolute atomic E-state index is 12.7. The van der Waals surface area contributed by atoms with E-state index < -0.39 is 0 Å². The van der Waals surface area contributed by atoms with Crippen LogP contribution in [0.25, 0.3) is 17.2 Å². The topological polar surface area (TPSA) is 72.7 Å². The number of carbonyl (C=O) groups excluding carboxylic acids is 1. The molecule has 2 atom stereocenters. The van der Waals surface area contributed by atoms with Crippen molar-refractivity contribution in [3.05, 3.63) is 53.7 Å². The molecule has 1 N–H and O–H groups in total. The van der Waals surface area contributed by atoms with E-state index in [9.17, 15) is 4.79 Å². The molecule has 4 rings (SSSR count). The zero-order valence-electron chi connectivity index (χ0n) is 18.3. The second kappa shape index (κ2) is 9.64. The molecule has 0 aliphatic heterocycles. The van der Waals surface area contributed by atoms with E-state index in [0.717, 1.165) is 23.4 Å². The molecule has 31 heavy (non-hydrogen) atoms. The lowest BCUT2D eigenvalue weighted by atomic mass is 9.86. The van der Waals surface area contributed by atoms with Crippen LogP contribution >= 0.6 is 11.8 Å². The van der Waals surface area contributed by atoms with Crippen molar-refractivity contribution in [3.63, 3.8) is 0 Å². The van der Waals surface area contributed by atoms with E-state index in [-0.39, 0.29) is 11.9 Å². The van der Waals surface area contributed by atoms with Gasteiger partial charge in [0.05, 0.1) is 11.4 Å². The first-order valence-electron chi connectivity index (χ1n) is 10.9. The number of pyridine rings is 1. The lowest BCUT2D eigenvalue weighted by Crippen LogP contribution is -2.41. The van der Waals surface area contributed by atoms with Crippen LogP contribution in [-0.4, -0.2) is 37.5 Å². The van der Waals surface area contributed by atoms with Crippen LogP contribution in [0, 0.1) is 19.8 Å². The molecule has 0 bridgehead atoms. The van der Waals surface area contributed by atoms with Gasteiger partial charge < -0.3 is 5.32 Å². The van der Waals surface area contributed by atoms with Crippen LogP contribution in [0.2, 0.25) is 0 Å². The number of carbonyl (C=O) groups is 1. The summed E-state index contributed by atoms with van der Waals surface area (Å²) in [6, 6.07) is 12.3. The number of benzene rings is 1. The summed E-state index contributed by atoms with van der Waals surface area (Å²) in [5.74, 6) is 1.58. The minimum Gasteiger partial charge on any atom is -0.352 e. The number of rotatable bonds is 6. The fourth-order valence-electron chi connectivity index (χ4n) is 4.21. The summed E-state index contributed by atoms with van der Waals surface area (Å²) in [5.41, 5.74) is 4.07. The van der Waals surface area contributed by atoms with E-state index in [1.165, 1.54) is 36.6 Å². The second-order valence-electron chi connectivity index (χ2n) is 8.37. The Morgan fingerprint density at radius 1 is 1.16 bits per heavy atom. The molecule has 1 aliphatic carbocycles. The third-order valence-corrected chi connectivity index (χ3v) is 6.84. The molecule has 2 aromatic heterocycles. The van der Waals surface area contributed by atoms with Crippen molar-refractivity contribution < 1.29 is 4.79 Å². The summed E-state index contributed by atoms with van der Waals surface area (Å²) in [7, 11) is 0. The van der Waals surface area contributed by atoms with Crippen molar-refractivity contribution in [2.45, 2.75) is 57.7 Å². The van der Waals surface area contributed by atoms with Gasteiger partial charge in [-0.05, 0) is 56.4 Å². The fraction of sp³-hybridized carbons (Fsp3) is 0.417. The van der Waals surface area contributed by atoms with Crippen LogP contribution in [0.5, 0.6) is 0 Å². The third-order valence-electron chi connectivity index (χ3n) is 5.91. The number of nitrogens with zero attached hydrogens (tertiary/aromatic N) is 4. The average Bonchev–Trinajstić information content (AvgIpc) is 3.18. The highest BCUT2D eigenvalue weighted by Gasteiger charge is 2.24. The maximum atomic E-state index is 12.7. The number of hydrogen-bond donors (Lipinski definition) is 1. The number of hydrogen-bond acceptors (Lipinski definition) is 5. The van der Waals surface area contributed by atoms with Crippen molar-refractivity contribution in [3.8, 4) is 17.2 Å². The smallest absolute Gasteiger partial charge is 0.230 e. The number of aryl methyl sites for hydroxylation is 2. The van der Waals surface area contributed by atoms with Gasteiger partial charge in [0.2, 0.25) is 5.91 Å². The van der Waals surface area contributed by atoms with E-state index in [0.29, 0.717) is 22.7 Å². The zero-order valence-corrected chi connectivity index (χ0v) is 19.2. The first-order chi connectivity index (χ1) is 15.0. The van der Waals surface area contributed by atoms with Crippen LogP contribution in [-0.2, 0) is 4.79 Å². The zero-order chi connectivity index (χ0) is 21.8. The van der Waals surface area contributed by atoms with Gasteiger partial charge >= 0.3 is 0 Å². The van der Waals surface area contributed by atoms with Crippen LogP contribution in [0.3, 0.4) is 0 Å². The van der Waals surface area contributed by atoms with E-state index in [1.807, 2.05) is 22.8 Å². The van der Waals surface area contributed by atoms with Gasteiger partial charge in [-0.25, -0.2) is 0 Å². The first kappa shape index (κ1) is 21.6. The molecule has 6 nitrogen and oxygen atoms in total. The molecule has 1 aliphatic rings. The van der Waals surface area contributed by atoms with Crippen molar-refractivity contribution in [2.24, 2.45) is 5.92 Å². The van der Waals surface area contributed by atoms with E-state index in [4.69, 9.17) is 0 Å².